The van der Waals surface area contributed by atoms with Crippen LogP contribution in [0.25, 0.3) is 0 Å². The molecule has 0 aliphatic heterocycles. The molecule has 2 fully saturated rings. The second-order valence-electron chi connectivity index (χ2n) is 9.04. The first-order valence-corrected chi connectivity index (χ1v) is 9.22. The van der Waals surface area contributed by atoms with Gasteiger partial charge in [0.25, 0.3) is 0 Å². The third kappa shape index (κ3) is 2.40. The fourth-order valence-electron chi connectivity index (χ4n) is 6.17. The Hall–Kier alpha value is -0.300. The van der Waals surface area contributed by atoms with Crippen molar-refractivity contribution in [1.82, 2.24) is 0 Å². The number of aliphatic hydroxyl groups excluding tert-OH is 1. The van der Waals surface area contributed by atoms with Crippen molar-refractivity contribution in [1.29, 1.82) is 0 Å². The lowest BCUT2D eigenvalue weighted by Gasteiger charge is -2.59. The number of hydrogen-bond donors (Lipinski definition) is 1. The van der Waals surface area contributed by atoms with Crippen molar-refractivity contribution < 1.29 is 5.11 Å². The Morgan fingerprint density at radius 3 is 2.62 bits per heavy atom. The zero-order chi connectivity index (χ0) is 15.3. The number of rotatable bonds is 2. The fraction of sp³-hybridized carbons (Fsp3) is 0.900. The lowest BCUT2D eigenvalue weighted by Crippen LogP contribution is -2.52. The third-order valence-corrected chi connectivity index (χ3v) is 7.50. The first-order valence-electron chi connectivity index (χ1n) is 9.22. The number of allylic oxidation sites excluding steroid dienone is 2. The van der Waals surface area contributed by atoms with E-state index in [0.717, 1.165) is 23.7 Å². The molecule has 0 bridgehead atoms. The quantitative estimate of drug-likeness (QED) is 0.694. The average Bonchev–Trinajstić information content (AvgIpc) is 2.46. The van der Waals surface area contributed by atoms with Gasteiger partial charge in [0.15, 0.2) is 0 Å². The fourth-order valence-corrected chi connectivity index (χ4v) is 6.17. The van der Waals surface area contributed by atoms with Gasteiger partial charge < -0.3 is 5.11 Å². The maximum Gasteiger partial charge on any atom is 0.0487 e. The lowest BCUT2D eigenvalue weighted by molar-refractivity contribution is -0.0888. The third-order valence-electron chi connectivity index (χ3n) is 7.50. The van der Waals surface area contributed by atoms with E-state index in [-0.39, 0.29) is 5.41 Å². The largest absolute Gasteiger partial charge is 0.396 e. The summed E-state index contributed by atoms with van der Waals surface area (Å²) in [5.74, 6) is 3.13. The summed E-state index contributed by atoms with van der Waals surface area (Å²) in [6.45, 7) is 10.0. The summed E-state index contributed by atoms with van der Waals surface area (Å²) in [6, 6.07) is 0. The van der Waals surface area contributed by atoms with Crippen molar-refractivity contribution in [3.8, 4) is 0 Å². The SMILES string of the molecule is CC(C)[C@H]1C=C2CC[C@H]3[C@@](C)(CO)CCC[C@]3(C)[C@H]2CC1. The molecule has 0 saturated heterocycles. The van der Waals surface area contributed by atoms with Gasteiger partial charge in [-0.1, -0.05) is 45.8 Å². The van der Waals surface area contributed by atoms with Crippen LogP contribution in [0.4, 0.5) is 0 Å². The molecule has 0 spiro atoms. The van der Waals surface area contributed by atoms with Crippen molar-refractivity contribution in [2.45, 2.75) is 72.6 Å². The van der Waals surface area contributed by atoms with Crippen molar-refractivity contribution in [3.05, 3.63) is 11.6 Å². The van der Waals surface area contributed by atoms with E-state index in [1.807, 2.05) is 0 Å². The molecule has 5 atom stereocenters. The van der Waals surface area contributed by atoms with Crippen LogP contribution in [-0.4, -0.2) is 11.7 Å². The molecule has 3 rings (SSSR count). The highest BCUT2D eigenvalue weighted by molar-refractivity contribution is 5.22. The van der Waals surface area contributed by atoms with Gasteiger partial charge >= 0.3 is 0 Å². The van der Waals surface area contributed by atoms with E-state index in [2.05, 4.69) is 33.8 Å². The van der Waals surface area contributed by atoms with Crippen LogP contribution in [0.1, 0.15) is 72.6 Å². The number of hydrogen-bond acceptors (Lipinski definition) is 1. The second-order valence-corrected chi connectivity index (χ2v) is 9.04. The maximum absolute atomic E-state index is 10.00. The van der Waals surface area contributed by atoms with E-state index in [1.165, 1.54) is 44.9 Å². The summed E-state index contributed by atoms with van der Waals surface area (Å²) < 4.78 is 0. The molecular weight excluding hydrogens is 256 g/mol. The molecule has 3 aliphatic carbocycles. The van der Waals surface area contributed by atoms with E-state index < -0.39 is 0 Å². The van der Waals surface area contributed by atoms with Crippen molar-refractivity contribution in [3.63, 3.8) is 0 Å². The highest BCUT2D eigenvalue weighted by Crippen LogP contribution is 2.63. The Labute approximate surface area is 131 Å². The molecule has 1 nitrogen and oxygen atoms in total. The second kappa shape index (κ2) is 5.41. The Balaban J connectivity index is 1.91. The van der Waals surface area contributed by atoms with Gasteiger partial charge in [-0.25, -0.2) is 0 Å². The van der Waals surface area contributed by atoms with Crippen LogP contribution in [-0.2, 0) is 0 Å². The minimum Gasteiger partial charge on any atom is -0.396 e. The highest BCUT2D eigenvalue weighted by Gasteiger charge is 2.54. The summed E-state index contributed by atoms with van der Waals surface area (Å²) in [5.41, 5.74) is 2.40. The molecule has 21 heavy (non-hydrogen) atoms. The van der Waals surface area contributed by atoms with Crippen LogP contribution < -0.4 is 0 Å². The van der Waals surface area contributed by atoms with Gasteiger partial charge in [0, 0.05) is 6.61 Å². The van der Waals surface area contributed by atoms with Gasteiger partial charge in [-0.15, -0.1) is 0 Å². The monoisotopic (exact) mass is 290 g/mol. The molecule has 0 aromatic heterocycles. The molecule has 1 N–H and O–H groups in total. The first kappa shape index (κ1) is 15.6. The van der Waals surface area contributed by atoms with Crippen LogP contribution in [0.5, 0.6) is 0 Å². The smallest absolute Gasteiger partial charge is 0.0487 e. The molecule has 2 saturated carbocycles. The van der Waals surface area contributed by atoms with Gasteiger partial charge in [0.1, 0.15) is 0 Å². The van der Waals surface area contributed by atoms with E-state index in [1.54, 1.807) is 5.57 Å². The van der Waals surface area contributed by atoms with Crippen LogP contribution in [0.3, 0.4) is 0 Å². The maximum atomic E-state index is 10.00. The van der Waals surface area contributed by atoms with Crippen LogP contribution in [0.15, 0.2) is 11.6 Å². The van der Waals surface area contributed by atoms with E-state index >= 15 is 0 Å². The Bertz CT molecular complexity index is 424. The van der Waals surface area contributed by atoms with Crippen molar-refractivity contribution >= 4 is 0 Å². The van der Waals surface area contributed by atoms with Crippen LogP contribution in [0, 0.1) is 34.5 Å². The van der Waals surface area contributed by atoms with Crippen molar-refractivity contribution in [2.24, 2.45) is 34.5 Å². The van der Waals surface area contributed by atoms with Crippen LogP contribution >= 0.6 is 0 Å². The average molecular weight is 290 g/mol. The van der Waals surface area contributed by atoms with Gasteiger partial charge in [0.2, 0.25) is 0 Å². The Morgan fingerprint density at radius 2 is 1.95 bits per heavy atom. The van der Waals surface area contributed by atoms with E-state index in [4.69, 9.17) is 0 Å². The molecule has 0 aromatic rings. The zero-order valence-electron chi connectivity index (χ0n) is 14.5. The lowest BCUT2D eigenvalue weighted by atomic mass is 9.45. The van der Waals surface area contributed by atoms with E-state index in [9.17, 15) is 5.11 Å². The van der Waals surface area contributed by atoms with Crippen molar-refractivity contribution in [2.75, 3.05) is 6.61 Å². The van der Waals surface area contributed by atoms with Gasteiger partial charge in [-0.05, 0) is 73.0 Å². The minimum atomic E-state index is 0.174. The molecule has 120 valence electrons. The molecule has 0 heterocycles. The summed E-state index contributed by atoms with van der Waals surface area (Å²) in [6.07, 6.45) is 11.9. The molecule has 1 heteroatoms. The standard InChI is InChI=1S/C20H34O/c1-14(2)15-6-8-17-16(12-15)7-9-18-19(3,13-21)10-5-11-20(17,18)4/h12,14-15,17-18,21H,5-11,13H2,1-4H3/t15-,17+,18+,19-,20-/m1/s1. The summed E-state index contributed by atoms with van der Waals surface area (Å²) in [5, 5.41) is 10.00. The molecule has 0 unspecified atom stereocenters. The molecular formula is C20H34O. The normalized spacial score (nSPS) is 46.8. The minimum absolute atomic E-state index is 0.174. The molecule has 3 aliphatic rings. The summed E-state index contributed by atoms with van der Waals surface area (Å²) in [7, 11) is 0. The molecule has 0 aromatic carbocycles. The molecule has 0 amide bonds. The first-order chi connectivity index (χ1) is 9.90. The topological polar surface area (TPSA) is 20.2 Å². The van der Waals surface area contributed by atoms with Crippen LogP contribution in [0.2, 0.25) is 0 Å². The van der Waals surface area contributed by atoms with Gasteiger partial charge in [-0.2, -0.15) is 0 Å². The van der Waals surface area contributed by atoms with Gasteiger partial charge in [-0.3, -0.25) is 0 Å². The summed E-state index contributed by atoms with van der Waals surface area (Å²) >= 11 is 0. The Kier molecular flexibility index (Phi) is 4.01. The predicted molar refractivity (Wildman–Crippen MR) is 89.0 cm³/mol. The predicted octanol–water partition coefficient (Wildman–Crippen LogP) is 5.19. The zero-order valence-corrected chi connectivity index (χ0v) is 14.5. The molecule has 0 radical (unpaired) electrons. The Morgan fingerprint density at radius 1 is 1.19 bits per heavy atom. The van der Waals surface area contributed by atoms with E-state index in [0.29, 0.717) is 12.0 Å². The van der Waals surface area contributed by atoms with Gasteiger partial charge in [0.05, 0.1) is 0 Å². The highest BCUT2D eigenvalue weighted by atomic mass is 16.3. The summed E-state index contributed by atoms with van der Waals surface area (Å²) in [4.78, 5) is 0. The number of aliphatic hydroxyl groups is 1. The number of fused-ring (bicyclic) bond motifs is 3.